The molecule has 1 aromatic carbocycles. The second-order valence-corrected chi connectivity index (χ2v) is 5.07. The molecule has 1 aromatic heterocycles. The van der Waals surface area contributed by atoms with Gasteiger partial charge in [-0.15, -0.1) is 0 Å². The zero-order valence-corrected chi connectivity index (χ0v) is 11.9. The molecule has 0 aliphatic carbocycles. The van der Waals surface area contributed by atoms with Crippen LogP contribution < -0.4 is 10.1 Å². The third-order valence-electron chi connectivity index (χ3n) is 2.98. The van der Waals surface area contributed by atoms with Gasteiger partial charge in [0.15, 0.2) is 0 Å². The van der Waals surface area contributed by atoms with Crippen molar-refractivity contribution in [2.24, 2.45) is 0 Å². The van der Waals surface area contributed by atoms with Crippen LogP contribution in [0, 0.1) is 6.92 Å². The molecule has 0 saturated heterocycles. The van der Waals surface area contributed by atoms with Crippen LogP contribution in [-0.4, -0.2) is 6.10 Å². The van der Waals surface area contributed by atoms with Crippen LogP contribution in [0.1, 0.15) is 37.9 Å². The van der Waals surface area contributed by atoms with E-state index in [2.05, 4.69) is 31.3 Å². The molecule has 0 amide bonds. The number of hydrogen-bond donors (Lipinski definition) is 1. The van der Waals surface area contributed by atoms with Crippen molar-refractivity contribution in [2.45, 2.75) is 39.8 Å². The molecule has 0 bridgehead atoms. The molecule has 2 rings (SSSR count). The first kappa shape index (κ1) is 13.5. The molecule has 1 N–H and O–H groups in total. The van der Waals surface area contributed by atoms with Crippen molar-refractivity contribution >= 4 is 5.69 Å². The van der Waals surface area contributed by atoms with E-state index in [9.17, 15) is 0 Å². The fourth-order valence-corrected chi connectivity index (χ4v) is 1.98. The normalized spacial score (nSPS) is 12.5. The van der Waals surface area contributed by atoms with Gasteiger partial charge in [0, 0.05) is 11.3 Å². The van der Waals surface area contributed by atoms with E-state index >= 15 is 0 Å². The summed E-state index contributed by atoms with van der Waals surface area (Å²) in [6.45, 7) is 8.26. The van der Waals surface area contributed by atoms with Gasteiger partial charge in [0.2, 0.25) is 0 Å². The molecule has 0 aliphatic rings. The highest BCUT2D eigenvalue weighted by atomic mass is 16.5. The van der Waals surface area contributed by atoms with Gasteiger partial charge in [-0.1, -0.05) is 0 Å². The van der Waals surface area contributed by atoms with E-state index < -0.39 is 0 Å². The van der Waals surface area contributed by atoms with E-state index in [1.165, 1.54) is 5.56 Å². The van der Waals surface area contributed by atoms with Crippen LogP contribution in [0.15, 0.2) is 41.2 Å². The highest BCUT2D eigenvalue weighted by molar-refractivity contribution is 5.54. The average molecular weight is 259 g/mol. The van der Waals surface area contributed by atoms with Crippen LogP contribution >= 0.6 is 0 Å². The molecule has 0 aliphatic heterocycles. The summed E-state index contributed by atoms with van der Waals surface area (Å²) < 4.78 is 10.8. The molecule has 2 aromatic rings. The van der Waals surface area contributed by atoms with Crippen LogP contribution in [-0.2, 0) is 0 Å². The minimum absolute atomic E-state index is 0.197. The van der Waals surface area contributed by atoms with Gasteiger partial charge in [-0.2, -0.15) is 0 Å². The Bertz CT molecular complexity index is 518. The molecule has 1 atom stereocenters. The third-order valence-corrected chi connectivity index (χ3v) is 2.98. The summed E-state index contributed by atoms with van der Waals surface area (Å²) in [5.74, 6) is 0.911. The van der Waals surface area contributed by atoms with E-state index in [4.69, 9.17) is 9.15 Å². The lowest BCUT2D eigenvalue weighted by Crippen LogP contribution is -2.08. The van der Waals surface area contributed by atoms with Crippen molar-refractivity contribution in [2.75, 3.05) is 5.32 Å². The van der Waals surface area contributed by atoms with Gasteiger partial charge in [0.05, 0.1) is 24.7 Å². The van der Waals surface area contributed by atoms with Crippen molar-refractivity contribution in [1.82, 2.24) is 0 Å². The number of nitrogens with one attached hydrogen (secondary N) is 1. The third kappa shape index (κ3) is 3.53. The van der Waals surface area contributed by atoms with Crippen molar-refractivity contribution in [3.05, 3.63) is 47.9 Å². The molecule has 1 unspecified atom stereocenters. The number of anilines is 1. The summed E-state index contributed by atoms with van der Waals surface area (Å²) >= 11 is 0. The number of benzene rings is 1. The van der Waals surface area contributed by atoms with Crippen LogP contribution in [0.5, 0.6) is 5.75 Å². The largest absolute Gasteiger partial charge is 0.491 e. The highest BCUT2D eigenvalue weighted by Crippen LogP contribution is 2.26. The second-order valence-electron chi connectivity index (χ2n) is 5.07. The second kappa shape index (κ2) is 5.83. The summed E-state index contributed by atoms with van der Waals surface area (Å²) in [4.78, 5) is 0. The van der Waals surface area contributed by atoms with Crippen LogP contribution in [0.25, 0.3) is 0 Å². The molecular weight excluding hydrogens is 238 g/mol. The summed E-state index contributed by atoms with van der Waals surface area (Å²) in [5.41, 5.74) is 3.43. The molecule has 0 saturated carbocycles. The first-order valence-electron chi connectivity index (χ1n) is 6.62. The zero-order chi connectivity index (χ0) is 13.8. The van der Waals surface area contributed by atoms with Gasteiger partial charge in [0.25, 0.3) is 0 Å². The molecule has 0 radical (unpaired) electrons. The number of furan rings is 1. The topological polar surface area (TPSA) is 34.4 Å². The molecule has 3 nitrogen and oxygen atoms in total. The number of rotatable bonds is 5. The van der Waals surface area contributed by atoms with Gasteiger partial charge in [-0.25, -0.2) is 0 Å². The number of ether oxygens (including phenoxy) is 1. The maximum Gasteiger partial charge on any atom is 0.120 e. The van der Waals surface area contributed by atoms with Crippen LogP contribution in [0.2, 0.25) is 0 Å². The maximum absolute atomic E-state index is 5.68. The van der Waals surface area contributed by atoms with E-state index in [-0.39, 0.29) is 12.1 Å². The predicted octanol–water partition coefficient (Wildman–Crippen LogP) is 4.55. The van der Waals surface area contributed by atoms with Gasteiger partial charge < -0.3 is 14.5 Å². The van der Waals surface area contributed by atoms with Gasteiger partial charge in [0.1, 0.15) is 5.75 Å². The lowest BCUT2D eigenvalue weighted by molar-refractivity contribution is 0.242. The fraction of sp³-hybridized carbons (Fsp3) is 0.375. The first-order valence-corrected chi connectivity index (χ1v) is 6.62. The Morgan fingerprint density at radius 1 is 1.16 bits per heavy atom. The smallest absolute Gasteiger partial charge is 0.120 e. The average Bonchev–Trinajstić information content (AvgIpc) is 2.85. The van der Waals surface area contributed by atoms with E-state index in [0.29, 0.717) is 0 Å². The highest BCUT2D eigenvalue weighted by Gasteiger charge is 2.09. The molecule has 1 heterocycles. The van der Waals surface area contributed by atoms with Gasteiger partial charge in [-0.3, -0.25) is 0 Å². The van der Waals surface area contributed by atoms with Crippen molar-refractivity contribution in [3.8, 4) is 5.75 Å². The summed E-state index contributed by atoms with van der Waals surface area (Å²) in [5, 5.41) is 3.48. The fourth-order valence-electron chi connectivity index (χ4n) is 1.98. The Morgan fingerprint density at radius 2 is 1.95 bits per heavy atom. The molecule has 0 spiro atoms. The van der Waals surface area contributed by atoms with E-state index in [1.807, 2.05) is 26.0 Å². The van der Waals surface area contributed by atoms with Crippen molar-refractivity contribution < 1.29 is 9.15 Å². The Hall–Kier alpha value is -1.90. The SMILES string of the molecule is Cc1cc(OC(C)C)ccc1NC(C)c1ccoc1. The molecule has 0 fully saturated rings. The molecule has 19 heavy (non-hydrogen) atoms. The predicted molar refractivity (Wildman–Crippen MR) is 77.7 cm³/mol. The monoisotopic (exact) mass is 259 g/mol. The Morgan fingerprint density at radius 3 is 2.53 bits per heavy atom. The van der Waals surface area contributed by atoms with Crippen LogP contribution in [0.3, 0.4) is 0 Å². The summed E-state index contributed by atoms with van der Waals surface area (Å²) in [6, 6.07) is 8.31. The summed E-state index contributed by atoms with van der Waals surface area (Å²) in [7, 11) is 0. The van der Waals surface area contributed by atoms with Crippen molar-refractivity contribution in [3.63, 3.8) is 0 Å². The minimum atomic E-state index is 0.197. The molecular formula is C16H21NO2. The number of aryl methyl sites for hydroxylation is 1. The van der Waals surface area contributed by atoms with Crippen LogP contribution in [0.4, 0.5) is 5.69 Å². The van der Waals surface area contributed by atoms with Gasteiger partial charge in [-0.05, 0) is 57.5 Å². The van der Waals surface area contributed by atoms with E-state index in [0.717, 1.165) is 17.0 Å². The van der Waals surface area contributed by atoms with E-state index in [1.54, 1.807) is 12.5 Å². The summed E-state index contributed by atoms with van der Waals surface area (Å²) in [6.07, 6.45) is 3.66. The standard InChI is InChI=1S/C16H21NO2/c1-11(2)19-15-5-6-16(12(3)9-15)17-13(4)14-7-8-18-10-14/h5-11,13,17H,1-4H3. The quantitative estimate of drug-likeness (QED) is 0.855. The Labute approximate surface area is 114 Å². The Kier molecular flexibility index (Phi) is 4.15. The first-order chi connectivity index (χ1) is 9.06. The molecule has 102 valence electrons. The lowest BCUT2D eigenvalue weighted by atomic mass is 10.1. The maximum atomic E-state index is 5.68. The van der Waals surface area contributed by atoms with Gasteiger partial charge >= 0.3 is 0 Å². The lowest BCUT2D eigenvalue weighted by Gasteiger charge is -2.17. The zero-order valence-electron chi connectivity index (χ0n) is 11.9. The minimum Gasteiger partial charge on any atom is -0.491 e. The number of hydrogen-bond acceptors (Lipinski definition) is 3. The molecule has 3 heteroatoms. The van der Waals surface area contributed by atoms with Crippen molar-refractivity contribution in [1.29, 1.82) is 0 Å². The Balaban J connectivity index is 2.09.